The first kappa shape index (κ1) is 33.7. The van der Waals surface area contributed by atoms with Gasteiger partial charge in [-0.3, -0.25) is 9.59 Å². The fourth-order valence-electron chi connectivity index (χ4n) is 6.41. The molecule has 1 aromatic rings. The van der Waals surface area contributed by atoms with Gasteiger partial charge in [0.25, 0.3) is 0 Å². The number of carboxylic acid groups (broad SMARTS) is 2. The molecule has 0 radical (unpaired) electrons. The van der Waals surface area contributed by atoms with Crippen LogP contribution in [0.15, 0.2) is 24.0 Å². The van der Waals surface area contributed by atoms with Crippen molar-refractivity contribution in [3.63, 3.8) is 0 Å². The summed E-state index contributed by atoms with van der Waals surface area (Å²) in [6.45, 7) is 5.40. The standard InChI is InChI=1S/C30H37NO14/c1-14-6-7-18(41-5)24-23(14)29-10-11-31(4)16(3)30(29,40)9-8-19(25(29)45-24)43-22(34)13-20(28(39)42-15(2)26(35)36)44-21(33)12-17(32)27(37)38/h6-8,15-17,20,25,32,40H,9-13H2,1-5H3,(H,35,36)(H,37,38)/t15-,16+,17-,20-,25-,29-,30+/m0/s1. The summed E-state index contributed by atoms with van der Waals surface area (Å²) in [6, 6.07) is 3.26. The number of aliphatic hydroxyl groups excluding tert-OH is 1. The van der Waals surface area contributed by atoms with Gasteiger partial charge in [-0.2, -0.15) is 0 Å². The number of hydrogen-bond donors (Lipinski definition) is 4. The van der Waals surface area contributed by atoms with Crippen molar-refractivity contribution in [2.75, 3.05) is 20.7 Å². The highest BCUT2D eigenvalue weighted by Gasteiger charge is 2.69. The molecule has 1 aromatic carbocycles. The molecule has 15 nitrogen and oxygen atoms in total. The molecule has 0 bridgehead atoms. The van der Waals surface area contributed by atoms with Crippen LogP contribution in [-0.4, -0.2) is 112 Å². The summed E-state index contributed by atoms with van der Waals surface area (Å²) < 4.78 is 27.4. The van der Waals surface area contributed by atoms with Crippen LogP contribution in [0.3, 0.4) is 0 Å². The molecule has 0 amide bonds. The Morgan fingerprint density at radius 3 is 2.40 bits per heavy atom. The highest BCUT2D eigenvalue weighted by molar-refractivity contribution is 5.87. The third-order valence-corrected chi connectivity index (χ3v) is 8.94. The SMILES string of the molecule is COc1ccc(C)c2c1O[C@H]1C(OC(=O)C[C@H](OC(=O)C[C@H](O)C(=O)O)C(=O)O[C@@H](C)C(=O)O)=CC[C@@]3(O)[C@@H](C)N(C)CC[C@]213. The largest absolute Gasteiger partial charge is 0.493 e. The first-order valence-electron chi connectivity index (χ1n) is 14.3. The number of likely N-dealkylation sites (N-methyl/N-ethyl adjacent to an activating group) is 1. The summed E-state index contributed by atoms with van der Waals surface area (Å²) in [6.07, 6.45) is -6.83. The third kappa shape index (κ3) is 5.94. The van der Waals surface area contributed by atoms with Gasteiger partial charge in [0.1, 0.15) is 5.76 Å². The van der Waals surface area contributed by atoms with Crippen LogP contribution in [0, 0.1) is 6.92 Å². The number of ether oxygens (including phenoxy) is 5. The van der Waals surface area contributed by atoms with E-state index in [-0.39, 0.29) is 18.2 Å². The van der Waals surface area contributed by atoms with Crippen LogP contribution in [-0.2, 0) is 43.6 Å². The molecule has 2 heterocycles. The second-order valence-electron chi connectivity index (χ2n) is 11.5. The summed E-state index contributed by atoms with van der Waals surface area (Å²) in [5.74, 6) is -6.24. The van der Waals surface area contributed by atoms with E-state index in [1.54, 1.807) is 6.07 Å². The van der Waals surface area contributed by atoms with Crippen molar-refractivity contribution in [3.8, 4) is 11.5 Å². The maximum Gasteiger partial charge on any atom is 0.348 e. The van der Waals surface area contributed by atoms with Gasteiger partial charge in [-0.1, -0.05) is 6.07 Å². The van der Waals surface area contributed by atoms with Crippen LogP contribution in [0.4, 0.5) is 0 Å². The van der Waals surface area contributed by atoms with Gasteiger partial charge in [-0.05, 0) is 58.5 Å². The van der Waals surface area contributed by atoms with E-state index in [1.165, 1.54) is 13.2 Å². The van der Waals surface area contributed by atoms with Crippen molar-refractivity contribution < 1.29 is 68.1 Å². The van der Waals surface area contributed by atoms with Gasteiger partial charge in [0.05, 0.1) is 31.0 Å². The van der Waals surface area contributed by atoms with Crippen molar-refractivity contribution in [2.24, 2.45) is 0 Å². The van der Waals surface area contributed by atoms with Crippen molar-refractivity contribution in [1.29, 1.82) is 0 Å². The Morgan fingerprint density at radius 2 is 1.78 bits per heavy atom. The number of piperidine rings is 1. The maximum absolute atomic E-state index is 13.3. The van der Waals surface area contributed by atoms with Crippen molar-refractivity contribution in [1.82, 2.24) is 4.90 Å². The molecule has 7 atom stereocenters. The molecule has 0 unspecified atom stereocenters. The molecule has 45 heavy (non-hydrogen) atoms. The first-order valence-corrected chi connectivity index (χ1v) is 14.3. The molecule has 4 N–H and O–H groups in total. The van der Waals surface area contributed by atoms with E-state index in [1.807, 2.05) is 31.9 Å². The number of carbonyl (C=O) groups is 5. The Kier molecular flexibility index (Phi) is 9.47. The average molecular weight is 636 g/mol. The molecule has 1 fully saturated rings. The molecule has 3 aliphatic rings. The zero-order valence-corrected chi connectivity index (χ0v) is 25.5. The predicted molar refractivity (Wildman–Crippen MR) is 150 cm³/mol. The van der Waals surface area contributed by atoms with E-state index in [2.05, 4.69) is 0 Å². The third-order valence-electron chi connectivity index (χ3n) is 8.94. The number of rotatable bonds is 11. The quantitative estimate of drug-likeness (QED) is 0.192. The molecule has 15 heteroatoms. The van der Waals surface area contributed by atoms with E-state index < -0.39 is 78.1 Å². The predicted octanol–water partition coefficient (Wildman–Crippen LogP) is 0.442. The van der Waals surface area contributed by atoms with Crippen LogP contribution in [0.2, 0.25) is 0 Å². The number of fused-ring (bicyclic) bond motifs is 1. The van der Waals surface area contributed by atoms with Gasteiger partial charge < -0.3 is 49.0 Å². The zero-order chi connectivity index (χ0) is 33.4. The lowest BCUT2D eigenvalue weighted by Crippen LogP contribution is -2.71. The highest BCUT2D eigenvalue weighted by atomic mass is 16.6. The van der Waals surface area contributed by atoms with Crippen LogP contribution in [0.5, 0.6) is 11.5 Å². The van der Waals surface area contributed by atoms with Gasteiger partial charge >= 0.3 is 29.8 Å². The summed E-state index contributed by atoms with van der Waals surface area (Å²) in [5.41, 5.74) is -0.859. The van der Waals surface area contributed by atoms with E-state index in [4.69, 9.17) is 33.9 Å². The molecular formula is C30H37NO14. The van der Waals surface area contributed by atoms with Crippen molar-refractivity contribution >= 4 is 29.8 Å². The molecular weight excluding hydrogens is 598 g/mol. The zero-order valence-electron chi connectivity index (χ0n) is 25.5. The lowest BCUT2D eigenvalue weighted by molar-refractivity contribution is -0.180. The average Bonchev–Trinajstić information content (AvgIpc) is 3.34. The molecule has 1 spiro atoms. The van der Waals surface area contributed by atoms with Crippen LogP contribution >= 0.6 is 0 Å². The first-order chi connectivity index (χ1) is 21.1. The molecule has 4 rings (SSSR count). The molecule has 0 aromatic heterocycles. The van der Waals surface area contributed by atoms with E-state index in [0.29, 0.717) is 24.5 Å². The van der Waals surface area contributed by atoms with E-state index in [9.17, 15) is 34.2 Å². The second kappa shape index (κ2) is 12.7. The van der Waals surface area contributed by atoms with Crippen LogP contribution in [0.25, 0.3) is 0 Å². The summed E-state index contributed by atoms with van der Waals surface area (Å²) in [5, 5.41) is 39.8. The number of nitrogens with zero attached hydrogens (tertiary/aromatic N) is 1. The van der Waals surface area contributed by atoms with E-state index >= 15 is 0 Å². The maximum atomic E-state index is 13.3. The van der Waals surface area contributed by atoms with E-state index in [0.717, 1.165) is 18.1 Å². The fourth-order valence-corrected chi connectivity index (χ4v) is 6.41. The number of hydrogen-bond acceptors (Lipinski definition) is 13. The number of likely N-dealkylation sites (tertiary alicyclic amines) is 1. The monoisotopic (exact) mass is 635 g/mol. The van der Waals surface area contributed by atoms with Gasteiger partial charge in [-0.15, -0.1) is 0 Å². The number of esters is 3. The smallest absolute Gasteiger partial charge is 0.348 e. The highest BCUT2D eigenvalue weighted by Crippen LogP contribution is 2.62. The molecule has 246 valence electrons. The minimum absolute atomic E-state index is 0.0396. The molecule has 1 saturated heterocycles. The summed E-state index contributed by atoms with van der Waals surface area (Å²) >= 11 is 0. The molecule has 1 aliphatic carbocycles. The number of aliphatic carboxylic acids is 2. The minimum atomic E-state index is -2.15. The Hall–Kier alpha value is -4.21. The van der Waals surface area contributed by atoms with Gasteiger partial charge in [0, 0.05) is 18.0 Å². The Balaban J connectivity index is 1.64. The fraction of sp³-hybridized carbons (Fsp3) is 0.567. The van der Waals surface area contributed by atoms with Crippen molar-refractivity contribution in [2.45, 2.75) is 87.9 Å². The molecule has 2 aliphatic heterocycles. The number of carbonyl (C=O) groups excluding carboxylic acids is 3. The normalized spacial score (nSPS) is 27.2. The lowest BCUT2D eigenvalue weighted by Gasteiger charge is -2.58. The number of benzene rings is 1. The van der Waals surface area contributed by atoms with Crippen molar-refractivity contribution in [3.05, 3.63) is 35.1 Å². The Bertz CT molecular complexity index is 1420. The number of carboxylic acids is 2. The number of aliphatic hydroxyl groups is 2. The number of methoxy groups -OCH3 is 1. The Labute approximate surface area is 258 Å². The van der Waals surface area contributed by atoms with Crippen LogP contribution in [0.1, 0.15) is 50.7 Å². The summed E-state index contributed by atoms with van der Waals surface area (Å²) in [4.78, 5) is 62.5. The Morgan fingerprint density at radius 1 is 1.09 bits per heavy atom. The number of aryl methyl sites for hydroxylation is 1. The van der Waals surface area contributed by atoms with Gasteiger partial charge in [-0.25, -0.2) is 14.4 Å². The van der Waals surface area contributed by atoms with Gasteiger partial charge in [0.2, 0.25) is 6.10 Å². The lowest BCUT2D eigenvalue weighted by atomic mass is 9.54. The topological polar surface area (TPSA) is 216 Å². The van der Waals surface area contributed by atoms with Gasteiger partial charge in [0.15, 0.2) is 29.8 Å². The summed E-state index contributed by atoms with van der Waals surface area (Å²) in [7, 11) is 3.38. The second-order valence-corrected chi connectivity index (χ2v) is 11.5. The van der Waals surface area contributed by atoms with Crippen LogP contribution < -0.4 is 9.47 Å². The minimum Gasteiger partial charge on any atom is -0.493 e. The molecule has 0 saturated carbocycles.